The Bertz CT molecular complexity index is 4380. The van der Waals surface area contributed by atoms with Gasteiger partial charge in [0.25, 0.3) is 0 Å². The van der Waals surface area contributed by atoms with Crippen LogP contribution in [0.5, 0.6) is 0 Å². The third-order valence-electron chi connectivity index (χ3n) is 18.9. The van der Waals surface area contributed by atoms with Gasteiger partial charge in [0, 0.05) is 76.9 Å². The fraction of sp³-hybridized carbons (Fsp3) is 0.267. The fourth-order valence-electron chi connectivity index (χ4n) is 13.0. The number of hydrogen-bond donors (Lipinski definition) is 0. The van der Waals surface area contributed by atoms with E-state index in [-0.39, 0.29) is 0 Å². The molecule has 6 heterocycles. The van der Waals surface area contributed by atoms with Crippen molar-refractivity contribution in [3.8, 4) is 67.5 Å². The summed E-state index contributed by atoms with van der Waals surface area (Å²) in [5.74, 6) is 0. The van der Waals surface area contributed by atoms with E-state index in [1.165, 1.54) is 140 Å². The molecule has 0 fully saturated rings. The van der Waals surface area contributed by atoms with Gasteiger partial charge in [-0.3, -0.25) is 0 Å². The van der Waals surface area contributed by atoms with Crippen molar-refractivity contribution >= 4 is 0 Å². The van der Waals surface area contributed by atoms with Crippen LogP contribution in [0.1, 0.15) is 104 Å². The fourth-order valence-corrected chi connectivity index (χ4v) is 13.0. The summed E-state index contributed by atoms with van der Waals surface area (Å²) in [6, 6.07) is 63.2. The smallest absolute Gasteiger partial charge is 0.201 e. The van der Waals surface area contributed by atoms with E-state index in [1.54, 1.807) is 12.1 Å². The third-order valence-corrected chi connectivity index (χ3v) is 18.9. The van der Waals surface area contributed by atoms with E-state index in [4.69, 9.17) is 4.11 Å². The Morgan fingerprint density at radius 1 is 0.198 bits per heavy atom. The highest BCUT2D eigenvalue weighted by molar-refractivity contribution is 5.71. The lowest BCUT2D eigenvalue weighted by molar-refractivity contribution is -0.660. The van der Waals surface area contributed by atoms with Crippen molar-refractivity contribution in [1.82, 2.24) is 0 Å². The van der Waals surface area contributed by atoms with Gasteiger partial charge in [-0.05, 0) is 250 Å². The molecular formula is C90H108N6+6. The maximum Gasteiger partial charge on any atom is 0.212 e. The zero-order valence-electron chi connectivity index (χ0n) is 65.0. The lowest BCUT2D eigenvalue weighted by Crippen LogP contribution is -2.30. The van der Waals surface area contributed by atoms with Crippen LogP contribution in [-0.4, -0.2) is 0 Å². The normalized spacial score (nSPS) is 11.1. The van der Waals surface area contributed by atoms with Crippen molar-refractivity contribution in [2.24, 2.45) is 42.3 Å². The number of benzene rings is 6. The summed E-state index contributed by atoms with van der Waals surface area (Å²) in [5, 5.41) is 0. The summed E-state index contributed by atoms with van der Waals surface area (Å²) in [6.07, 6.45) is 12.5. The molecule has 6 aromatic heterocycles. The highest BCUT2D eigenvalue weighted by atomic mass is 14.9. The van der Waals surface area contributed by atoms with Gasteiger partial charge in [0.1, 0.15) is 42.3 Å². The minimum atomic E-state index is -2.05. The molecule has 0 unspecified atom stereocenters. The van der Waals surface area contributed by atoms with Crippen LogP contribution in [-0.2, 0) is 42.3 Å². The van der Waals surface area contributed by atoms with Gasteiger partial charge in [0.05, 0.1) is 33.4 Å². The Hall–Kier alpha value is -9.78. The molecule has 6 nitrogen and oxygen atoms in total. The predicted molar refractivity (Wildman–Crippen MR) is 404 cm³/mol. The first-order valence-electron chi connectivity index (χ1n) is 35.0. The Balaban J connectivity index is 0.000000167. The highest BCUT2D eigenvalue weighted by Gasteiger charge is 2.20. The van der Waals surface area contributed by atoms with Crippen LogP contribution in [0.15, 0.2) is 219 Å². The van der Waals surface area contributed by atoms with Gasteiger partial charge in [-0.2, -0.15) is 0 Å². The van der Waals surface area contributed by atoms with E-state index in [0.717, 1.165) is 22.4 Å². The molecule has 0 spiro atoms. The van der Waals surface area contributed by atoms with Gasteiger partial charge in [-0.25, -0.2) is 27.4 Å². The average molecular weight is 1280 g/mol. The van der Waals surface area contributed by atoms with Crippen LogP contribution in [0.3, 0.4) is 0 Å². The van der Waals surface area contributed by atoms with Crippen molar-refractivity contribution in [1.29, 1.82) is 0 Å². The average Bonchev–Trinajstić information content (AvgIpc) is 0.897. The highest BCUT2D eigenvalue weighted by Crippen LogP contribution is 2.32. The molecule has 0 N–H and O–H groups in total. The number of pyridine rings is 6. The van der Waals surface area contributed by atoms with Crippen molar-refractivity contribution in [2.75, 3.05) is 0 Å². The lowest BCUT2D eigenvalue weighted by atomic mass is 9.95. The number of nitrogens with zero attached hydrogens (tertiary/aromatic N) is 6. The number of aryl methyl sites for hydroxylation is 20. The van der Waals surface area contributed by atoms with Crippen LogP contribution in [0, 0.1) is 125 Å². The maximum absolute atomic E-state index is 7.51. The standard InChI is InChI=1S/6C15H18N/c4*1-11-8-9-12(2)15(13(11)3)14-7-5-6-10-16(14)4;2*1-11-9-12(2)15(13(3)10-11)14-7-5-6-8-16(14)4/h6*5-10H,1-4H3/q6*+1/i;;;;1D3;. The number of rotatable bonds is 6. The summed E-state index contributed by atoms with van der Waals surface area (Å²) >= 11 is 0. The monoisotopic (exact) mass is 1280 g/mol. The maximum atomic E-state index is 7.51. The van der Waals surface area contributed by atoms with Crippen molar-refractivity contribution < 1.29 is 31.5 Å². The topological polar surface area (TPSA) is 23.3 Å². The second-order valence-corrected chi connectivity index (χ2v) is 26.2. The summed E-state index contributed by atoms with van der Waals surface area (Å²) in [7, 11) is 12.5. The minimum Gasteiger partial charge on any atom is -0.201 e. The van der Waals surface area contributed by atoms with E-state index in [9.17, 15) is 0 Å². The first kappa shape index (κ1) is 69.1. The molecule has 0 aliphatic heterocycles. The van der Waals surface area contributed by atoms with Crippen LogP contribution in [0.2, 0.25) is 0 Å². The number of hydrogen-bond acceptors (Lipinski definition) is 0. The molecule has 492 valence electrons. The van der Waals surface area contributed by atoms with Crippen molar-refractivity contribution in [2.45, 2.75) is 125 Å². The summed E-state index contributed by atoms with van der Waals surface area (Å²) < 4.78 is 35.5. The number of aromatic nitrogens is 6. The zero-order valence-corrected chi connectivity index (χ0v) is 62.0. The largest absolute Gasteiger partial charge is 0.212 e. The summed E-state index contributed by atoms with van der Waals surface area (Å²) in [5.41, 5.74) is 38.1. The van der Waals surface area contributed by atoms with Gasteiger partial charge in [0.2, 0.25) is 34.2 Å². The van der Waals surface area contributed by atoms with Crippen LogP contribution >= 0.6 is 0 Å². The van der Waals surface area contributed by atoms with E-state index in [1.807, 2.05) is 49.9 Å². The van der Waals surface area contributed by atoms with E-state index < -0.39 is 6.85 Å². The molecule has 0 saturated carbocycles. The minimum absolute atomic E-state index is 0.407. The molecule has 0 saturated heterocycles. The molecule has 0 amide bonds. The molecule has 0 atom stereocenters. The molecule has 0 bridgehead atoms. The Morgan fingerprint density at radius 2 is 0.375 bits per heavy atom. The lowest BCUT2D eigenvalue weighted by Gasteiger charge is -2.10. The predicted octanol–water partition coefficient (Wildman–Crippen LogP) is 18.6. The Kier molecular flexibility index (Phi) is 24.1. The van der Waals surface area contributed by atoms with Crippen molar-refractivity contribution in [3.63, 3.8) is 0 Å². The van der Waals surface area contributed by atoms with Gasteiger partial charge in [0.15, 0.2) is 37.2 Å². The van der Waals surface area contributed by atoms with Crippen LogP contribution < -0.4 is 27.4 Å². The van der Waals surface area contributed by atoms with E-state index >= 15 is 0 Å². The molecule has 6 heteroatoms. The molecule has 12 rings (SSSR count). The summed E-state index contributed by atoms with van der Waals surface area (Å²) in [4.78, 5) is 0. The van der Waals surface area contributed by atoms with Crippen molar-refractivity contribution in [3.05, 3.63) is 319 Å². The summed E-state index contributed by atoms with van der Waals surface area (Å²) in [6.45, 7) is 34.6. The third kappa shape index (κ3) is 18.0. The van der Waals surface area contributed by atoms with Gasteiger partial charge < -0.3 is 0 Å². The first-order chi connectivity index (χ1) is 46.8. The molecule has 0 aliphatic carbocycles. The van der Waals surface area contributed by atoms with Gasteiger partial charge >= 0.3 is 0 Å². The first-order valence-corrected chi connectivity index (χ1v) is 33.5. The quantitative estimate of drug-likeness (QED) is 0.148. The Morgan fingerprint density at radius 3 is 0.562 bits per heavy atom. The van der Waals surface area contributed by atoms with Gasteiger partial charge in [-0.1, -0.05) is 83.9 Å². The molecule has 12 aromatic rings. The Labute approximate surface area is 582 Å². The zero-order chi connectivity index (χ0) is 72.7. The molecule has 6 aromatic carbocycles. The molecule has 0 aliphatic rings. The molecule has 0 radical (unpaired) electrons. The van der Waals surface area contributed by atoms with Crippen LogP contribution in [0.25, 0.3) is 67.5 Å². The molecule has 96 heavy (non-hydrogen) atoms. The van der Waals surface area contributed by atoms with E-state index in [0.29, 0.717) is 5.56 Å². The van der Waals surface area contributed by atoms with Gasteiger partial charge in [-0.15, -0.1) is 0 Å². The second-order valence-electron chi connectivity index (χ2n) is 26.2. The molecular weight excluding hydrogens is 1170 g/mol. The van der Waals surface area contributed by atoms with Crippen LogP contribution in [0.4, 0.5) is 0 Å². The second kappa shape index (κ2) is 33.6. The SMILES string of the molecule is Cc1cc(C)c(-c2cccc[n+]2C)c(C)c1.Cc1ccc(C)c(-c2cccc[n+]2C)c1C.Cc1ccc(C)c(-c2cccc[n+]2C)c1C.Cc1ccc(C)c(-c2cccc[n+]2C)c1C.Cc1ccc(C)c(-c2cccc[n+]2C)c1C.[2H]C([2H])([2H])c1cc(C)c(-c2cccc[n+]2C)c(C)c1. The van der Waals surface area contributed by atoms with E-state index in [2.05, 4.69) is 345 Å².